The van der Waals surface area contributed by atoms with Crippen LogP contribution in [0.2, 0.25) is 0 Å². The Hall–Kier alpha value is -3.26. The summed E-state index contributed by atoms with van der Waals surface area (Å²) in [6.07, 6.45) is 3.82. The van der Waals surface area contributed by atoms with Gasteiger partial charge in [0.2, 0.25) is 0 Å². The first-order valence-electron chi connectivity index (χ1n) is 10.1. The van der Waals surface area contributed by atoms with Gasteiger partial charge in [-0.15, -0.1) is 0 Å². The summed E-state index contributed by atoms with van der Waals surface area (Å²) in [6, 6.07) is 11.3. The third-order valence-corrected chi connectivity index (χ3v) is 5.36. The fraction of sp³-hybridized carbons (Fsp3) is 0.364. The molecule has 158 valence electrons. The molecule has 0 unspecified atom stereocenters. The van der Waals surface area contributed by atoms with Crippen LogP contribution in [0.5, 0.6) is 5.75 Å². The summed E-state index contributed by atoms with van der Waals surface area (Å²) in [5.74, 6) is 0.440. The maximum Gasteiger partial charge on any atom is 0.271 e. The summed E-state index contributed by atoms with van der Waals surface area (Å²) in [7, 11) is 1.68. The minimum Gasteiger partial charge on any atom is -0.496 e. The Balaban J connectivity index is 1.70. The van der Waals surface area contributed by atoms with Gasteiger partial charge in [-0.25, -0.2) is 5.43 Å². The predicted octanol–water partition coefficient (Wildman–Crippen LogP) is 2.33. The largest absolute Gasteiger partial charge is 0.496 e. The number of ether oxygens (including phenoxy) is 1. The van der Waals surface area contributed by atoms with Crippen LogP contribution in [-0.4, -0.2) is 36.7 Å². The Morgan fingerprint density at radius 3 is 2.43 bits per heavy atom. The number of piperidine rings is 1. The summed E-state index contributed by atoms with van der Waals surface area (Å²) >= 11 is 0. The quantitative estimate of drug-likeness (QED) is 0.415. The molecule has 2 aromatic carbocycles. The number of quaternary nitrogens is 1. The summed E-state index contributed by atoms with van der Waals surface area (Å²) in [5.41, 5.74) is 5.47. The lowest BCUT2D eigenvalue weighted by Crippen LogP contribution is -3.11. The number of nitro groups is 1. The number of nitrogens with one attached hydrogen (secondary N) is 2. The number of amides is 1. The SMILES string of the molecule is COc1ccc(/C(C)=N\NC(=O)c2ccc([N+](=O)[O-])cc2)cc1C[NH+]1CCCCC1. The van der Waals surface area contributed by atoms with Crippen LogP contribution in [0.4, 0.5) is 5.69 Å². The number of nitro benzene ring substituents is 1. The van der Waals surface area contributed by atoms with Gasteiger partial charge in [-0.3, -0.25) is 14.9 Å². The van der Waals surface area contributed by atoms with E-state index in [4.69, 9.17) is 4.74 Å². The van der Waals surface area contributed by atoms with E-state index in [1.54, 1.807) is 12.0 Å². The van der Waals surface area contributed by atoms with Crippen molar-refractivity contribution in [2.45, 2.75) is 32.7 Å². The molecule has 1 saturated heterocycles. The Kier molecular flexibility index (Phi) is 7.13. The Morgan fingerprint density at radius 2 is 1.80 bits per heavy atom. The molecule has 30 heavy (non-hydrogen) atoms. The zero-order valence-electron chi connectivity index (χ0n) is 17.3. The van der Waals surface area contributed by atoms with E-state index < -0.39 is 10.8 Å². The van der Waals surface area contributed by atoms with Crippen LogP contribution in [-0.2, 0) is 6.54 Å². The van der Waals surface area contributed by atoms with E-state index in [-0.39, 0.29) is 5.69 Å². The molecule has 1 amide bonds. The second-order valence-corrected chi connectivity index (χ2v) is 7.46. The topological polar surface area (TPSA) is 98.3 Å². The Morgan fingerprint density at radius 1 is 1.13 bits per heavy atom. The molecular weight excluding hydrogens is 384 g/mol. The van der Waals surface area contributed by atoms with Crippen molar-refractivity contribution in [3.8, 4) is 5.75 Å². The second kappa shape index (κ2) is 9.98. The van der Waals surface area contributed by atoms with Crippen LogP contribution in [0.3, 0.4) is 0 Å². The van der Waals surface area contributed by atoms with Gasteiger partial charge in [-0.2, -0.15) is 5.10 Å². The van der Waals surface area contributed by atoms with E-state index in [1.165, 1.54) is 56.6 Å². The number of methoxy groups -OCH3 is 1. The van der Waals surface area contributed by atoms with Crippen LogP contribution >= 0.6 is 0 Å². The number of nitrogens with zero attached hydrogens (tertiary/aromatic N) is 2. The van der Waals surface area contributed by atoms with Crippen molar-refractivity contribution in [1.82, 2.24) is 5.43 Å². The standard InChI is InChI=1S/C22H26N4O4/c1-16(23-24-22(27)17-6-9-20(10-7-17)26(28)29)18-8-11-21(30-2)19(14-18)15-25-12-4-3-5-13-25/h6-11,14H,3-5,12-13,15H2,1-2H3,(H,24,27)/p+1/b23-16-. The van der Waals surface area contributed by atoms with Gasteiger partial charge in [-0.05, 0) is 62.1 Å². The van der Waals surface area contributed by atoms with E-state index >= 15 is 0 Å². The number of hydrazone groups is 1. The average molecular weight is 411 g/mol. The van der Waals surface area contributed by atoms with E-state index in [1.807, 2.05) is 19.1 Å². The third kappa shape index (κ3) is 5.42. The van der Waals surface area contributed by atoms with Gasteiger partial charge >= 0.3 is 0 Å². The predicted molar refractivity (Wildman–Crippen MR) is 114 cm³/mol. The first-order chi connectivity index (χ1) is 14.5. The smallest absolute Gasteiger partial charge is 0.271 e. The molecule has 0 saturated carbocycles. The molecule has 0 bridgehead atoms. The highest BCUT2D eigenvalue weighted by molar-refractivity contribution is 6.01. The van der Waals surface area contributed by atoms with Crippen LogP contribution in [0.15, 0.2) is 47.6 Å². The fourth-order valence-electron chi connectivity index (χ4n) is 3.64. The maximum atomic E-state index is 12.3. The molecule has 0 atom stereocenters. The highest BCUT2D eigenvalue weighted by atomic mass is 16.6. The molecule has 8 heteroatoms. The number of carbonyl (C=O) groups is 1. The molecule has 0 spiro atoms. The lowest BCUT2D eigenvalue weighted by molar-refractivity contribution is -0.918. The average Bonchev–Trinajstić information content (AvgIpc) is 2.78. The van der Waals surface area contributed by atoms with Gasteiger partial charge in [0.15, 0.2) is 0 Å². The maximum absolute atomic E-state index is 12.3. The van der Waals surface area contributed by atoms with Gasteiger partial charge in [-0.1, -0.05) is 0 Å². The van der Waals surface area contributed by atoms with Gasteiger partial charge in [0.25, 0.3) is 11.6 Å². The van der Waals surface area contributed by atoms with Gasteiger partial charge < -0.3 is 9.64 Å². The van der Waals surface area contributed by atoms with Crippen molar-refractivity contribution in [3.63, 3.8) is 0 Å². The van der Waals surface area contributed by atoms with Crippen molar-refractivity contribution in [2.24, 2.45) is 5.10 Å². The molecular formula is C22H27N4O4+. The lowest BCUT2D eigenvalue weighted by atomic mass is 10.0. The fourth-order valence-corrected chi connectivity index (χ4v) is 3.64. The summed E-state index contributed by atoms with van der Waals surface area (Å²) in [5, 5.41) is 14.9. The van der Waals surface area contributed by atoms with Crippen LogP contribution in [0.25, 0.3) is 0 Å². The number of hydrogen-bond acceptors (Lipinski definition) is 5. The summed E-state index contributed by atoms with van der Waals surface area (Å²) < 4.78 is 5.53. The van der Waals surface area contributed by atoms with Crippen LogP contribution in [0, 0.1) is 10.1 Å². The molecule has 1 aliphatic rings. The number of hydrogen-bond donors (Lipinski definition) is 2. The first kappa shape index (κ1) is 21.4. The van der Waals surface area contributed by atoms with Crippen molar-refractivity contribution >= 4 is 17.3 Å². The highest BCUT2D eigenvalue weighted by Crippen LogP contribution is 2.20. The minimum absolute atomic E-state index is 0.0622. The molecule has 0 aliphatic carbocycles. The van der Waals surface area contributed by atoms with E-state index in [0.717, 1.165) is 23.4 Å². The van der Waals surface area contributed by atoms with E-state index in [2.05, 4.69) is 16.6 Å². The minimum atomic E-state index is -0.503. The van der Waals surface area contributed by atoms with Crippen LogP contribution < -0.4 is 15.1 Å². The van der Waals surface area contributed by atoms with Crippen LogP contribution in [0.1, 0.15) is 47.7 Å². The molecule has 2 aromatic rings. The molecule has 1 heterocycles. The van der Waals surface area contributed by atoms with Crippen molar-refractivity contribution in [1.29, 1.82) is 0 Å². The normalized spacial score (nSPS) is 14.9. The molecule has 0 aromatic heterocycles. The molecule has 1 aliphatic heterocycles. The van der Waals surface area contributed by atoms with Crippen molar-refractivity contribution in [2.75, 3.05) is 20.2 Å². The zero-order valence-corrected chi connectivity index (χ0v) is 17.3. The second-order valence-electron chi connectivity index (χ2n) is 7.46. The van der Waals surface area contributed by atoms with E-state index in [9.17, 15) is 14.9 Å². The molecule has 8 nitrogen and oxygen atoms in total. The number of benzene rings is 2. The number of likely N-dealkylation sites (tertiary alicyclic amines) is 1. The molecule has 1 fully saturated rings. The number of carbonyl (C=O) groups excluding carboxylic acids is 1. The van der Waals surface area contributed by atoms with Gasteiger partial charge in [0.1, 0.15) is 12.3 Å². The van der Waals surface area contributed by atoms with E-state index in [0.29, 0.717) is 11.3 Å². The highest BCUT2D eigenvalue weighted by Gasteiger charge is 2.17. The lowest BCUT2D eigenvalue weighted by Gasteiger charge is -2.24. The monoisotopic (exact) mass is 411 g/mol. The molecule has 0 radical (unpaired) electrons. The molecule has 3 rings (SSSR count). The molecule has 2 N–H and O–H groups in total. The van der Waals surface area contributed by atoms with Crippen molar-refractivity contribution in [3.05, 3.63) is 69.3 Å². The van der Waals surface area contributed by atoms with Gasteiger partial charge in [0, 0.05) is 23.3 Å². The van der Waals surface area contributed by atoms with Gasteiger partial charge in [0.05, 0.1) is 30.8 Å². The Labute approximate surface area is 175 Å². The Bertz CT molecular complexity index is 935. The third-order valence-electron chi connectivity index (χ3n) is 5.36. The summed E-state index contributed by atoms with van der Waals surface area (Å²) in [6.45, 7) is 5.08. The first-order valence-corrected chi connectivity index (χ1v) is 10.1. The zero-order chi connectivity index (χ0) is 21.5. The number of rotatable bonds is 7. The summed E-state index contributed by atoms with van der Waals surface area (Å²) in [4.78, 5) is 24.1. The van der Waals surface area contributed by atoms with Crippen molar-refractivity contribution < 1.29 is 19.4 Å². The number of non-ortho nitro benzene ring substituents is 1.